The summed E-state index contributed by atoms with van der Waals surface area (Å²) in [7, 11) is 2.14. The molecule has 0 radical (unpaired) electrons. The second-order valence-electron chi connectivity index (χ2n) is 3.72. The van der Waals surface area contributed by atoms with E-state index in [0.717, 1.165) is 18.0 Å². The molecule has 0 fully saturated rings. The molecule has 0 aliphatic carbocycles. The van der Waals surface area contributed by atoms with Gasteiger partial charge in [0.05, 0.1) is 0 Å². The van der Waals surface area contributed by atoms with Crippen molar-refractivity contribution in [3.05, 3.63) is 29.8 Å². The van der Waals surface area contributed by atoms with E-state index in [1.165, 1.54) is 5.56 Å². The molecule has 0 unspecified atom stereocenters. The third-order valence-electron chi connectivity index (χ3n) is 2.80. The maximum atomic E-state index is 5.55. The summed E-state index contributed by atoms with van der Waals surface area (Å²) in [6.07, 6.45) is 1.86. The molecular formula is C12H21NO3Si. The highest BCUT2D eigenvalue weighted by Crippen LogP contribution is 2.11. The Kier molecular flexibility index (Phi) is 5.80. The average molecular weight is 255 g/mol. The zero-order valence-electron chi connectivity index (χ0n) is 10.7. The molecule has 0 bridgehead atoms. The van der Waals surface area contributed by atoms with E-state index >= 15 is 0 Å². The van der Waals surface area contributed by atoms with Crippen LogP contribution in [0.3, 0.4) is 0 Å². The van der Waals surface area contributed by atoms with E-state index in [1.807, 2.05) is 18.2 Å². The largest absolute Gasteiger partial charge is 0.536 e. The van der Waals surface area contributed by atoms with E-state index in [-0.39, 0.29) is 0 Å². The molecule has 1 rings (SSSR count). The van der Waals surface area contributed by atoms with Gasteiger partial charge in [0.25, 0.3) is 0 Å². The van der Waals surface area contributed by atoms with Crippen molar-refractivity contribution < 1.29 is 13.3 Å². The van der Waals surface area contributed by atoms with Crippen LogP contribution in [0.5, 0.6) is 0 Å². The van der Waals surface area contributed by atoms with Gasteiger partial charge in [0, 0.05) is 26.5 Å². The van der Waals surface area contributed by atoms with Gasteiger partial charge in [0.2, 0.25) is 0 Å². The van der Waals surface area contributed by atoms with Crippen LogP contribution in [-0.4, -0.2) is 36.7 Å². The van der Waals surface area contributed by atoms with Gasteiger partial charge in [0.1, 0.15) is 0 Å². The number of nitrogens with two attached hydrogens (primary N) is 1. The van der Waals surface area contributed by atoms with Crippen LogP contribution in [0.15, 0.2) is 24.3 Å². The Labute approximate surface area is 104 Å². The van der Waals surface area contributed by atoms with E-state index in [9.17, 15) is 0 Å². The quantitative estimate of drug-likeness (QED) is 0.727. The normalized spacial score (nSPS) is 11.8. The monoisotopic (exact) mass is 255 g/mol. The Morgan fingerprint density at radius 2 is 1.65 bits per heavy atom. The Balaban J connectivity index is 3.09. The van der Waals surface area contributed by atoms with Crippen molar-refractivity contribution in [2.45, 2.75) is 12.8 Å². The van der Waals surface area contributed by atoms with Gasteiger partial charge in [-0.1, -0.05) is 24.3 Å². The first kappa shape index (κ1) is 14.3. The molecule has 1 aromatic rings. The maximum absolute atomic E-state index is 5.55. The predicted octanol–water partition coefficient (Wildman–Crippen LogP) is 0.663. The molecule has 0 atom stereocenters. The minimum Gasteiger partial charge on any atom is -0.373 e. The van der Waals surface area contributed by atoms with Crippen molar-refractivity contribution in [1.29, 1.82) is 0 Å². The second-order valence-corrected chi connectivity index (χ2v) is 6.59. The van der Waals surface area contributed by atoms with Crippen LogP contribution in [0.25, 0.3) is 0 Å². The van der Waals surface area contributed by atoms with Gasteiger partial charge in [-0.05, 0) is 24.9 Å². The van der Waals surface area contributed by atoms with Crippen LogP contribution < -0.4 is 10.9 Å². The average Bonchev–Trinajstić information content (AvgIpc) is 2.40. The molecule has 0 saturated heterocycles. The fraction of sp³-hybridized carbons (Fsp3) is 0.500. The molecule has 0 spiro atoms. The third-order valence-corrected chi connectivity index (χ3v) is 5.56. The van der Waals surface area contributed by atoms with Gasteiger partial charge in [-0.2, -0.15) is 0 Å². The van der Waals surface area contributed by atoms with E-state index in [1.54, 1.807) is 21.3 Å². The van der Waals surface area contributed by atoms with Crippen LogP contribution >= 0.6 is 0 Å². The lowest BCUT2D eigenvalue weighted by molar-refractivity contribution is 0.140. The fourth-order valence-electron chi connectivity index (χ4n) is 1.91. The molecule has 2 N–H and O–H groups in total. The molecule has 1 aromatic carbocycles. The van der Waals surface area contributed by atoms with Crippen LogP contribution in [0.1, 0.15) is 12.0 Å². The summed E-state index contributed by atoms with van der Waals surface area (Å²) in [5.74, 6) is 0. The highest BCUT2D eigenvalue weighted by molar-refractivity contribution is 6.75. The van der Waals surface area contributed by atoms with Crippen LogP contribution in [0, 0.1) is 0 Å². The number of rotatable bonds is 7. The molecule has 0 aromatic heterocycles. The van der Waals surface area contributed by atoms with Crippen LogP contribution in [0.4, 0.5) is 0 Å². The van der Waals surface area contributed by atoms with Gasteiger partial charge >= 0.3 is 8.80 Å². The fourth-order valence-corrected chi connectivity index (χ4v) is 3.97. The van der Waals surface area contributed by atoms with Crippen molar-refractivity contribution in [3.8, 4) is 0 Å². The summed E-state index contributed by atoms with van der Waals surface area (Å²) >= 11 is 0. The Morgan fingerprint density at radius 1 is 1.06 bits per heavy atom. The Bertz CT molecular complexity index is 334. The lowest BCUT2D eigenvalue weighted by Gasteiger charge is -2.26. The number of hydrogen-bond donors (Lipinski definition) is 1. The van der Waals surface area contributed by atoms with Crippen molar-refractivity contribution in [2.24, 2.45) is 5.73 Å². The van der Waals surface area contributed by atoms with Gasteiger partial charge in [0.15, 0.2) is 0 Å². The lowest BCUT2D eigenvalue weighted by Crippen LogP contribution is -2.56. The molecular weight excluding hydrogens is 234 g/mol. The first-order valence-electron chi connectivity index (χ1n) is 5.68. The molecule has 0 saturated carbocycles. The zero-order chi connectivity index (χ0) is 12.7. The van der Waals surface area contributed by atoms with E-state index < -0.39 is 8.80 Å². The maximum Gasteiger partial charge on any atom is 0.536 e. The number of aryl methyl sites for hydroxylation is 1. The van der Waals surface area contributed by atoms with Crippen molar-refractivity contribution >= 4 is 14.0 Å². The minimum absolute atomic E-state index is 0.676. The molecule has 5 heteroatoms. The van der Waals surface area contributed by atoms with Crippen molar-refractivity contribution in [1.82, 2.24) is 0 Å². The van der Waals surface area contributed by atoms with E-state index in [4.69, 9.17) is 19.0 Å². The molecule has 0 amide bonds. The third kappa shape index (κ3) is 3.14. The molecule has 96 valence electrons. The van der Waals surface area contributed by atoms with Crippen LogP contribution in [0.2, 0.25) is 0 Å². The first-order chi connectivity index (χ1) is 8.24. The summed E-state index contributed by atoms with van der Waals surface area (Å²) in [5, 5.41) is 1.03. The SMILES string of the molecule is CO[Si](OC)(OC)c1ccccc1CCCN. The first-order valence-corrected chi connectivity index (χ1v) is 7.40. The van der Waals surface area contributed by atoms with Crippen molar-refractivity contribution in [2.75, 3.05) is 27.9 Å². The smallest absolute Gasteiger partial charge is 0.373 e. The second kappa shape index (κ2) is 6.88. The molecule has 0 aliphatic heterocycles. The van der Waals surface area contributed by atoms with Gasteiger partial charge in [-0.15, -0.1) is 0 Å². The Hall–Kier alpha value is -0.723. The topological polar surface area (TPSA) is 53.7 Å². The molecule has 17 heavy (non-hydrogen) atoms. The molecule has 0 aliphatic rings. The lowest BCUT2D eigenvalue weighted by atomic mass is 10.1. The Morgan fingerprint density at radius 3 is 2.18 bits per heavy atom. The summed E-state index contributed by atoms with van der Waals surface area (Å²) in [6, 6.07) is 8.06. The van der Waals surface area contributed by atoms with Gasteiger partial charge in [-0.25, -0.2) is 0 Å². The zero-order valence-corrected chi connectivity index (χ0v) is 11.7. The minimum atomic E-state index is -2.73. The number of benzene rings is 1. The summed E-state index contributed by atoms with van der Waals surface area (Å²) in [5.41, 5.74) is 6.74. The van der Waals surface area contributed by atoms with Gasteiger partial charge in [-0.3, -0.25) is 0 Å². The van der Waals surface area contributed by atoms with E-state index in [0.29, 0.717) is 6.54 Å². The van der Waals surface area contributed by atoms with E-state index in [2.05, 4.69) is 6.07 Å². The highest BCUT2D eigenvalue weighted by Gasteiger charge is 2.42. The summed E-state index contributed by atoms with van der Waals surface area (Å²) in [4.78, 5) is 0. The standard InChI is InChI=1S/C12H21NO3Si/c1-14-17(15-2,16-3)12-9-5-4-7-11(12)8-6-10-13/h4-5,7,9H,6,8,10,13H2,1-3H3. The number of hydrogen-bond acceptors (Lipinski definition) is 4. The summed E-state index contributed by atoms with van der Waals surface area (Å²) < 4.78 is 16.5. The summed E-state index contributed by atoms with van der Waals surface area (Å²) in [6.45, 7) is 0.676. The predicted molar refractivity (Wildman–Crippen MR) is 70.2 cm³/mol. The van der Waals surface area contributed by atoms with Crippen molar-refractivity contribution in [3.63, 3.8) is 0 Å². The molecule has 4 nitrogen and oxygen atoms in total. The van der Waals surface area contributed by atoms with Gasteiger partial charge < -0.3 is 19.0 Å². The van der Waals surface area contributed by atoms with Crippen LogP contribution in [-0.2, 0) is 19.7 Å². The molecule has 0 heterocycles. The highest BCUT2D eigenvalue weighted by atomic mass is 28.4.